The lowest BCUT2D eigenvalue weighted by atomic mass is 9.64. The predicted molar refractivity (Wildman–Crippen MR) is 159 cm³/mol. The highest BCUT2D eigenvalue weighted by Gasteiger charge is 2.49. The lowest BCUT2D eigenvalue weighted by molar-refractivity contribution is -0.131. The monoisotopic (exact) mass is 605 g/mol. The number of nitriles is 1. The molecule has 1 spiro atoms. The first-order valence-electron chi connectivity index (χ1n) is 15.2. The van der Waals surface area contributed by atoms with Crippen molar-refractivity contribution in [3.63, 3.8) is 0 Å². The number of piperazine rings is 1. The highest BCUT2D eigenvalue weighted by Crippen LogP contribution is 2.47. The number of benzene rings is 1. The van der Waals surface area contributed by atoms with Gasteiger partial charge in [-0.2, -0.15) is 15.2 Å². The number of nitrogens with zero attached hydrogens (tertiary/aromatic N) is 6. The molecule has 1 unspecified atom stereocenters. The Labute approximate surface area is 255 Å². The fraction of sp³-hybridized carbons (Fsp3) is 0.531. The van der Waals surface area contributed by atoms with Gasteiger partial charge < -0.3 is 24.8 Å². The van der Waals surface area contributed by atoms with E-state index in [-0.39, 0.29) is 49.8 Å². The van der Waals surface area contributed by atoms with E-state index in [1.54, 1.807) is 13.0 Å². The Balaban J connectivity index is 1.39. The van der Waals surface area contributed by atoms with Crippen LogP contribution in [0.2, 0.25) is 0 Å². The average molecular weight is 606 g/mol. The Morgan fingerprint density at radius 1 is 1.25 bits per heavy atom. The van der Waals surface area contributed by atoms with Gasteiger partial charge in [-0.05, 0) is 75.4 Å². The van der Waals surface area contributed by atoms with Gasteiger partial charge in [-0.3, -0.25) is 9.59 Å². The minimum atomic E-state index is -1.08. The summed E-state index contributed by atoms with van der Waals surface area (Å²) in [4.78, 5) is 41.6. The van der Waals surface area contributed by atoms with E-state index < -0.39 is 23.2 Å². The summed E-state index contributed by atoms with van der Waals surface area (Å²) in [6, 6.07) is 5.07. The van der Waals surface area contributed by atoms with Crippen LogP contribution in [0.25, 0.3) is 0 Å². The van der Waals surface area contributed by atoms with E-state index in [2.05, 4.69) is 29.9 Å². The molecule has 12 heteroatoms. The number of fused-ring (bicyclic) bond motifs is 3. The van der Waals surface area contributed by atoms with Gasteiger partial charge in [0.1, 0.15) is 18.1 Å². The number of hydrogen-bond donors (Lipinski definition) is 1. The molecule has 0 saturated carbocycles. The van der Waals surface area contributed by atoms with Crippen molar-refractivity contribution >= 4 is 23.3 Å². The van der Waals surface area contributed by atoms with Crippen molar-refractivity contribution in [3.05, 3.63) is 52.7 Å². The number of hydrogen-bond acceptors (Lipinski definition) is 8. The maximum absolute atomic E-state index is 14.5. The summed E-state index contributed by atoms with van der Waals surface area (Å²) in [6.45, 7) is 6.93. The number of amides is 2. The van der Waals surface area contributed by atoms with Gasteiger partial charge in [-0.25, -0.2) is 8.78 Å². The molecule has 3 aliphatic heterocycles. The van der Waals surface area contributed by atoms with E-state index in [1.807, 2.05) is 4.90 Å². The highest BCUT2D eigenvalue weighted by molar-refractivity contribution is 6.04. The molecular formula is C32H37F2N7O3. The first kappa shape index (κ1) is 29.9. The quantitative estimate of drug-likeness (QED) is 0.497. The van der Waals surface area contributed by atoms with E-state index in [0.717, 1.165) is 36.9 Å². The van der Waals surface area contributed by atoms with Gasteiger partial charge >= 0.3 is 6.01 Å². The number of anilines is 2. The molecule has 1 aromatic carbocycles. The second kappa shape index (κ2) is 11.8. The third-order valence-electron chi connectivity index (χ3n) is 9.84. The molecule has 3 atom stereocenters. The van der Waals surface area contributed by atoms with E-state index in [1.165, 1.54) is 11.0 Å². The predicted octanol–water partition coefficient (Wildman–Crippen LogP) is 3.58. The summed E-state index contributed by atoms with van der Waals surface area (Å²) >= 11 is 0. The van der Waals surface area contributed by atoms with Crippen LogP contribution >= 0.6 is 0 Å². The first-order valence-corrected chi connectivity index (χ1v) is 15.2. The molecule has 4 aliphatic rings. The standard InChI is InChI=1S/C32H37F2N7O3/c1-19-23-7-4-11-32(24(23)8-9-25(19)34)16-26-27(37-30(32)43)28(38-31(36-26)44-18-22-6-5-13-39(22)3)40-14-15-41(29(42)20(2)33)21(17-40)10-12-35/h8-9,21-22H,2,4-7,10-11,13-18H2,1,3H3,(H,37,43)/t21-,22-,32?/m0/s1. The second-order valence-electron chi connectivity index (χ2n) is 12.4. The van der Waals surface area contributed by atoms with Crippen LogP contribution in [0.15, 0.2) is 24.5 Å². The topological polar surface area (TPSA) is 115 Å². The molecule has 44 heavy (non-hydrogen) atoms. The van der Waals surface area contributed by atoms with Crippen LogP contribution in [-0.2, 0) is 27.8 Å². The number of carbonyl (C=O) groups is 2. The fourth-order valence-electron chi connectivity index (χ4n) is 7.35. The van der Waals surface area contributed by atoms with Crippen LogP contribution in [0.5, 0.6) is 6.01 Å². The summed E-state index contributed by atoms with van der Waals surface area (Å²) in [5, 5.41) is 12.6. The van der Waals surface area contributed by atoms with Gasteiger partial charge in [0.2, 0.25) is 5.91 Å². The molecular weight excluding hydrogens is 568 g/mol. The molecule has 2 aromatic rings. The Morgan fingerprint density at radius 3 is 2.80 bits per heavy atom. The molecule has 4 heterocycles. The molecule has 2 fully saturated rings. The normalized spacial score (nSPS) is 24.8. The van der Waals surface area contributed by atoms with Gasteiger partial charge in [0.15, 0.2) is 11.6 Å². The van der Waals surface area contributed by atoms with Crippen molar-refractivity contribution in [1.29, 1.82) is 5.26 Å². The van der Waals surface area contributed by atoms with E-state index in [4.69, 9.17) is 14.7 Å². The summed E-state index contributed by atoms with van der Waals surface area (Å²) in [5.41, 5.74) is 2.44. The Kier molecular flexibility index (Phi) is 8.01. The van der Waals surface area contributed by atoms with Crippen LogP contribution in [0, 0.1) is 24.1 Å². The molecule has 1 aromatic heterocycles. The zero-order valence-electron chi connectivity index (χ0n) is 25.2. The summed E-state index contributed by atoms with van der Waals surface area (Å²) < 4.78 is 34.6. The summed E-state index contributed by atoms with van der Waals surface area (Å²) in [5.74, 6) is -1.95. The number of nitrogens with one attached hydrogen (secondary N) is 1. The van der Waals surface area contributed by atoms with Crippen LogP contribution in [0.1, 0.15) is 54.5 Å². The van der Waals surface area contributed by atoms with Crippen molar-refractivity contribution in [2.45, 2.75) is 69.4 Å². The highest BCUT2D eigenvalue weighted by atomic mass is 19.1. The Hall–Kier alpha value is -4.11. The maximum Gasteiger partial charge on any atom is 0.318 e. The molecule has 1 aliphatic carbocycles. The van der Waals surface area contributed by atoms with Crippen LogP contribution in [0.3, 0.4) is 0 Å². The van der Waals surface area contributed by atoms with Crippen LogP contribution in [-0.4, -0.2) is 83.5 Å². The van der Waals surface area contributed by atoms with Crippen LogP contribution in [0.4, 0.5) is 20.3 Å². The molecule has 10 nitrogen and oxygen atoms in total. The molecule has 0 bridgehead atoms. The average Bonchev–Trinajstić information content (AvgIpc) is 3.42. The fourth-order valence-corrected chi connectivity index (χ4v) is 7.35. The molecule has 0 radical (unpaired) electrons. The van der Waals surface area contributed by atoms with Gasteiger partial charge in [-0.15, -0.1) is 0 Å². The number of ether oxygens (including phenoxy) is 1. The number of aromatic nitrogens is 2. The van der Waals surface area contributed by atoms with Gasteiger partial charge in [0, 0.05) is 32.1 Å². The van der Waals surface area contributed by atoms with Gasteiger partial charge in [0.25, 0.3) is 5.91 Å². The molecule has 2 saturated heterocycles. The van der Waals surface area contributed by atoms with E-state index in [9.17, 15) is 23.6 Å². The molecule has 1 N–H and O–H groups in total. The maximum atomic E-state index is 14.5. The van der Waals surface area contributed by atoms with E-state index >= 15 is 0 Å². The molecule has 2 amide bonds. The second-order valence-corrected chi connectivity index (χ2v) is 12.4. The van der Waals surface area contributed by atoms with Crippen molar-refractivity contribution in [2.75, 3.05) is 50.1 Å². The van der Waals surface area contributed by atoms with Crippen molar-refractivity contribution in [1.82, 2.24) is 19.8 Å². The zero-order valence-corrected chi connectivity index (χ0v) is 25.2. The summed E-state index contributed by atoms with van der Waals surface area (Å²) in [6.07, 6.45) is 4.41. The van der Waals surface area contributed by atoms with Crippen molar-refractivity contribution < 1.29 is 23.1 Å². The number of likely N-dealkylation sites (N-methyl/N-ethyl adjacent to an activating group) is 1. The molecule has 6 rings (SSSR count). The minimum Gasteiger partial charge on any atom is -0.462 e. The number of carbonyl (C=O) groups excluding carboxylic acids is 2. The Bertz CT molecular complexity index is 1560. The van der Waals surface area contributed by atoms with Crippen LogP contribution < -0.4 is 15.0 Å². The largest absolute Gasteiger partial charge is 0.462 e. The molecule has 232 valence electrons. The van der Waals surface area contributed by atoms with E-state index in [0.29, 0.717) is 48.6 Å². The summed E-state index contributed by atoms with van der Waals surface area (Å²) in [7, 11) is 2.06. The van der Waals surface area contributed by atoms with Gasteiger partial charge in [-0.1, -0.05) is 12.6 Å². The first-order chi connectivity index (χ1) is 21.1. The smallest absolute Gasteiger partial charge is 0.318 e. The lowest BCUT2D eigenvalue weighted by Gasteiger charge is -2.44. The van der Waals surface area contributed by atoms with Crippen molar-refractivity contribution in [2.24, 2.45) is 0 Å². The van der Waals surface area contributed by atoms with Gasteiger partial charge in [0.05, 0.1) is 29.6 Å². The lowest BCUT2D eigenvalue weighted by Crippen LogP contribution is -2.56. The number of rotatable bonds is 6. The number of halogens is 2. The SMILES string of the molecule is C=C(F)C(=O)N1CCN(c2nc(OC[C@@H]3CCCN3C)nc3c2NC(=O)C2(CCCc4c2ccc(F)c4C)C3)C[C@@H]1CC#N. The zero-order chi connectivity index (χ0) is 31.2. The Morgan fingerprint density at radius 2 is 2.07 bits per heavy atom. The minimum absolute atomic E-state index is 0.0116. The van der Waals surface area contributed by atoms with Crippen molar-refractivity contribution in [3.8, 4) is 12.1 Å². The third-order valence-corrected chi connectivity index (χ3v) is 9.84. The number of likely N-dealkylation sites (tertiary alicyclic amines) is 1. The third kappa shape index (κ3) is 5.17.